The lowest BCUT2D eigenvalue weighted by molar-refractivity contribution is -0.119. The van der Waals surface area contributed by atoms with E-state index in [0.717, 1.165) is 16.4 Å². The quantitative estimate of drug-likeness (QED) is 0.541. The van der Waals surface area contributed by atoms with E-state index in [1.165, 1.54) is 23.1 Å². The molecule has 0 saturated heterocycles. The highest BCUT2D eigenvalue weighted by Gasteiger charge is 2.11. The molecule has 0 fully saturated rings. The Morgan fingerprint density at radius 1 is 1.48 bits per heavy atom. The van der Waals surface area contributed by atoms with Gasteiger partial charge in [0.25, 0.3) is 0 Å². The molecule has 0 aliphatic heterocycles. The third-order valence-electron chi connectivity index (χ3n) is 3.02. The minimum Gasteiger partial charge on any atom is -0.353 e. The fourth-order valence-corrected chi connectivity index (χ4v) is 4.11. The van der Waals surface area contributed by atoms with Gasteiger partial charge < -0.3 is 5.32 Å². The van der Waals surface area contributed by atoms with Crippen LogP contribution in [0.1, 0.15) is 20.3 Å². The zero-order valence-electron chi connectivity index (χ0n) is 12.5. The average Bonchev–Trinajstić information content (AvgIpc) is 2.89. The summed E-state index contributed by atoms with van der Waals surface area (Å²) in [6.07, 6.45) is 0.904. The summed E-state index contributed by atoms with van der Waals surface area (Å²) in [5.41, 5.74) is 0.747. The summed E-state index contributed by atoms with van der Waals surface area (Å²) in [5, 5.41) is 8.28. The van der Waals surface area contributed by atoms with E-state index >= 15 is 0 Å². The second-order valence-corrected chi connectivity index (χ2v) is 8.47. The number of hydrogen-bond acceptors (Lipinski definition) is 5. The van der Waals surface area contributed by atoms with Crippen molar-refractivity contribution in [1.82, 2.24) is 15.1 Å². The molecule has 1 aromatic carbocycles. The van der Waals surface area contributed by atoms with E-state index in [9.17, 15) is 4.79 Å². The van der Waals surface area contributed by atoms with Gasteiger partial charge in [0.2, 0.25) is 5.91 Å². The zero-order valence-corrected chi connectivity index (χ0v) is 16.5. The molecule has 0 aliphatic rings. The minimum absolute atomic E-state index is 0.00782. The molecule has 124 valence electrons. The monoisotopic (exact) mass is 407 g/mol. The van der Waals surface area contributed by atoms with Gasteiger partial charge in [0.15, 0.2) is 8.29 Å². The molecule has 0 radical (unpaired) electrons. The number of halogens is 2. The van der Waals surface area contributed by atoms with Crippen molar-refractivity contribution in [2.75, 3.05) is 5.75 Å². The number of nitrogens with one attached hydrogen (secondary N) is 1. The van der Waals surface area contributed by atoms with Gasteiger partial charge in [-0.2, -0.15) is 0 Å². The van der Waals surface area contributed by atoms with Gasteiger partial charge >= 0.3 is 0 Å². The maximum atomic E-state index is 11.8. The first-order chi connectivity index (χ1) is 10.9. The van der Waals surface area contributed by atoms with E-state index in [-0.39, 0.29) is 11.9 Å². The van der Waals surface area contributed by atoms with E-state index < -0.39 is 0 Å². The van der Waals surface area contributed by atoms with Crippen molar-refractivity contribution < 1.29 is 4.79 Å². The fraction of sp³-hybridized carbons (Fsp3) is 0.357. The molecule has 0 bridgehead atoms. The molecule has 1 heterocycles. The van der Waals surface area contributed by atoms with E-state index in [2.05, 4.69) is 10.4 Å². The van der Waals surface area contributed by atoms with Crippen LogP contribution in [0.4, 0.5) is 0 Å². The SMILES string of the molecule is CCC(C)NC(=O)CSc1nn(-c2ccc(Cl)c(Cl)c2)c(=S)s1. The lowest BCUT2D eigenvalue weighted by atomic mass is 10.3. The number of thioether (sulfide) groups is 1. The van der Waals surface area contributed by atoms with Gasteiger partial charge in [-0.15, -0.1) is 5.10 Å². The van der Waals surface area contributed by atoms with Crippen molar-refractivity contribution in [3.05, 3.63) is 32.2 Å². The van der Waals surface area contributed by atoms with Gasteiger partial charge in [-0.25, -0.2) is 4.68 Å². The largest absolute Gasteiger partial charge is 0.353 e. The van der Waals surface area contributed by atoms with Crippen molar-refractivity contribution >= 4 is 64.4 Å². The fourth-order valence-electron chi connectivity index (χ4n) is 1.64. The lowest BCUT2D eigenvalue weighted by Gasteiger charge is -2.10. The first kappa shape index (κ1) is 18.7. The number of rotatable bonds is 6. The Balaban J connectivity index is 2.08. The summed E-state index contributed by atoms with van der Waals surface area (Å²) in [4.78, 5) is 11.8. The van der Waals surface area contributed by atoms with E-state index in [4.69, 9.17) is 35.4 Å². The van der Waals surface area contributed by atoms with Gasteiger partial charge in [-0.1, -0.05) is 53.2 Å². The summed E-state index contributed by atoms with van der Waals surface area (Å²) < 4.78 is 2.95. The normalized spacial score (nSPS) is 12.2. The molecule has 9 heteroatoms. The second kappa shape index (κ2) is 8.48. The Morgan fingerprint density at radius 3 is 2.87 bits per heavy atom. The van der Waals surface area contributed by atoms with Crippen molar-refractivity contribution in [1.29, 1.82) is 0 Å². The van der Waals surface area contributed by atoms with Crippen LogP contribution < -0.4 is 5.32 Å². The number of benzene rings is 1. The first-order valence-electron chi connectivity index (χ1n) is 6.88. The number of nitrogens with zero attached hydrogens (tertiary/aromatic N) is 2. The third kappa shape index (κ3) is 5.19. The van der Waals surface area contributed by atoms with Gasteiger partial charge in [-0.3, -0.25) is 4.79 Å². The van der Waals surface area contributed by atoms with Crippen molar-refractivity contribution in [3.63, 3.8) is 0 Å². The predicted octanol–water partition coefficient (Wildman–Crippen LogP) is 4.98. The zero-order chi connectivity index (χ0) is 17.0. The van der Waals surface area contributed by atoms with Gasteiger partial charge in [0.05, 0.1) is 21.5 Å². The molecule has 1 atom stereocenters. The Kier molecular flexibility index (Phi) is 6.91. The average molecular weight is 408 g/mol. The van der Waals surface area contributed by atoms with Gasteiger partial charge in [-0.05, 0) is 43.8 Å². The highest BCUT2D eigenvalue weighted by atomic mass is 35.5. The Labute approximate surface area is 158 Å². The number of aromatic nitrogens is 2. The van der Waals surface area contributed by atoms with Crippen LogP contribution in [0.5, 0.6) is 0 Å². The topological polar surface area (TPSA) is 46.9 Å². The van der Waals surface area contributed by atoms with Crippen molar-refractivity contribution in [2.45, 2.75) is 30.6 Å². The Hall–Kier alpha value is -0.600. The number of carbonyl (C=O) groups is 1. The highest BCUT2D eigenvalue weighted by molar-refractivity contribution is 8.01. The summed E-state index contributed by atoms with van der Waals surface area (Å²) in [7, 11) is 0. The van der Waals surface area contributed by atoms with Crippen LogP contribution >= 0.6 is 58.5 Å². The predicted molar refractivity (Wildman–Crippen MR) is 101 cm³/mol. The second-order valence-electron chi connectivity index (χ2n) is 4.81. The summed E-state index contributed by atoms with van der Waals surface area (Å²) >= 11 is 20.0. The summed E-state index contributed by atoms with van der Waals surface area (Å²) in [6.45, 7) is 4.01. The lowest BCUT2D eigenvalue weighted by Crippen LogP contribution is -2.33. The molecule has 23 heavy (non-hydrogen) atoms. The van der Waals surface area contributed by atoms with Crippen LogP contribution in [-0.4, -0.2) is 27.5 Å². The Bertz CT molecular complexity index is 760. The van der Waals surface area contributed by atoms with Crippen LogP contribution in [0.15, 0.2) is 22.5 Å². The van der Waals surface area contributed by atoms with Crippen LogP contribution in [-0.2, 0) is 4.79 Å². The maximum Gasteiger partial charge on any atom is 0.230 e. The molecular weight excluding hydrogens is 393 g/mol. The molecule has 1 aromatic heterocycles. The highest BCUT2D eigenvalue weighted by Crippen LogP contribution is 2.27. The van der Waals surface area contributed by atoms with Gasteiger partial charge in [0.1, 0.15) is 0 Å². The summed E-state index contributed by atoms with van der Waals surface area (Å²) in [6, 6.07) is 5.39. The van der Waals surface area contributed by atoms with Crippen LogP contribution in [0.25, 0.3) is 5.69 Å². The molecule has 0 spiro atoms. The molecule has 1 amide bonds. The van der Waals surface area contributed by atoms with Crippen LogP contribution in [0.3, 0.4) is 0 Å². The molecule has 4 nitrogen and oxygen atoms in total. The molecule has 0 aliphatic carbocycles. The van der Waals surface area contributed by atoms with Crippen LogP contribution in [0.2, 0.25) is 10.0 Å². The Morgan fingerprint density at radius 2 is 2.22 bits per heavy atom. The molecule has 1 unspecified atom stereocenters. The molecule has 1 N–H and O–H groups in total. The van der Waals surface area contributed by atoms with Crippen LogP contribution in [0, 0.1) is 3.95 Å². The number of carbonyl (C=O) groups excluding carboxylic acids is 1. The molecule has 2 rings (SSSR count). The molecule has 2 aromatic rings. The van der Waals surface area contributed by atoms with Gasteiger partial charge in [0, 0.05) is 6.04 Å². The molecule has 0 saturated carbocycles. The summed E-state index contributed by atoms with van der Waals surface area (Å²) in [5.74, 6) is 0.306. The van der Waals surface area contributed by atoms with E-state index in [1.807, 2.05) is 13.8 Å². The smallest absolute Gasteiger partial charge is 0.230 e. The third-order valence-corrected chi connectivity index (χ3v) is 6.13. The van der Waals surface area contributed by atoms with E-state index in [1.54, 1.807) is 22.9 Å². The molecular formula is C14H15Cl2N3OS3. The standard InChI is InChI=1S/C14H15Cl2N3OS3/c1-3-8(2)17-12(20)7-22-13-18-19(14(21)23-13)9-4-5-10(15)11(16)6-9/h4-6,8H,3,7H2,1-2H3,(H,17,20). The maximum absolute atomic E-state index is 11.8. The van der Waals surface area contributed by atoms with Crippen molar-refractivity contribution in [3.8, 4) is 5.69 Å². The number of hydrogen-bond donors (Lipinski definition) is 1. The minimum atomic E-state index is -0.00782. The van der Waals surface area contributed by atoms with Crippen molar-refractivity contribution in [2.24, 2.45) is 0 Å². The van der Waals surface area contributed by atoms with E-state index in [0.29, 0.717) is 19.8 Å². The first-order valence-corrected chi connectivity index (χ1v) is 9.85. The number of amides is 1.